The molecule has 4 nitrogen and oxygen atoms in total. The number of hydrogen-bond acceptors (Lipinski definition) is 5. The van der Waals surface area contributed by atoms with E-state index in [-0.39, 0.29) is 17.5 Å². The predicted octanol–water partition coefficient (Wildman–Crippen LogP) is 2.72. The molecule has 0 bridgehead atoms. The molecule has 1 aromatic rings. The van der Waals surface area contributed by atoms with Gasteiger partial charge in [0.05, 0.1) is 11.5 Å². The molecule has 0 fully saturated rings. The number of aliphatic hydroxyl groups excluding tert-OH is 1. The summed E-state index contributed by atoms with van der Waals surface area (Å²) >= 11 is 0. The summed E-state index contributed by atoms with van der Waals surface area (Å²) in [4.78, 5) is 10.9. The van der Waals surface area contributed by atoms with Gasteiger partial charge in [0.15, 0.2) is 0 Å². The Kier molecular flexibility index (Phi) is 4.93. The number of aliphatic hydroxyl groups is 1. The van der Waals surface area contributed by atoms with E-state index in [1.165, 1.54) is 22.9 Å². The normalized spacial score (nSPS) is 12.4. The van der Waals surface area contributed by atoms with Crippen LogP contribution in [0.15, 0.2) is 29.2 Å². The van der Waals surface area contributed by atoms with Gasteiger partial charge in [-0.3, -0.25) is 10.1 Å². The first-order valence-electron chi connectivity index (χ1n) is 4.32. The van der Waals surface area contributed by atoms with Crippen LogP contribution in [0.4, 0.5) is 5.69 Å². The maximum atomic E-state index is 10.4. The van der Waals surface area contributed by atoms with Crippen LogP contribution in [0, 0.1) is 10.1 Å². The van der Waals surface area contributed by atoms with Crippen LogP contribution in [0.1, 0.15) is 6.92 Å². The molecule has 0 amide bonds. The molecule has 0 aliphatic rings. The quantitative estimate of drug-likeness (QED) is 0.491. The maximum Gasteiger partial charge on any atom is 0.269 e. The standard InChI is InChI=1S/C9H11NO3S2/c1-7(6-11)14-15-9-4-2-8(3-5-9)10(12)13/h2-5,7,11H,6H2,1H3/t7-/m1/s1. The molecular formula is C9H11NO3S2. The first kappa shape index (κ1) is 12.4. The van der Waals surface area contributed by atoms with Gasteiger partial charge in [0.25, 0.3) is 5.69 Å². The van der Waals surface area contributed by atoms with E-state index >= 15 is 0 Å². The molecule has 82 valence electrons. The molecule has 0 heterocycles. The van der Waals surface area contributed by atoms with E-state index in [2.05, 4.69) is 0 Å². The second-order valence-corrected chi connectivity index (χ2v) is 5.64. The number of nitro benzene ring substituents is 1. The number of non-ortho nitro benzene ring substituents is 1. The highest BCUT2D eigenvalue weighted by Gasteiger charge is 2.06. The van der Waals surface area contributed by atoms with Gasteiger partial charge in [0.2, 0.25) is 0 Å². The van der Waals surface area contributed by atoms with Crippen molar-refractivity contribution in [3.63, 3.8) is 0 Å². The molecule has 0 radical (unpaired) electrons. The Morgan fingerprint density at radius 3 is 2.53 bits per heavy atom. The van der Waals surface area contributed by atoms with Gasteiger partial charge in [0.1, 0.15) is 0 Å². The Hall–Kier alpha value is -0.720. The molecule has 6 heteroatoms. The molecule has 0 unspecified atom stereocenters. The molecule has 0 saturated carbocycles. The van der Waals surface area contributed by atoms with Crippen molar-refractivity contribution in [3.05, 3.63) is 34.4 Å². The monoisotopic (exact) mass is 245 g/mol. The lowest BCUT2D eigenvalue weighted by Crippen LogP contribution is -1.99. The molecule has 15 heavy (non-hydrogen) atoms. The minimum atomic E-state index is -0.419. The van der Waals surface area contributed by atoms with Gasteiger partial charge in [-0.25, -0.2) is 0 Å². The summed E-state index contributed by atoms with van der Waals surface area (Å²) in [6.45, 7) is 2.05. The highest BCUT2D eigenvalue weighted by molar-refractivity contribution is 8.76. The van der Waals surface area contributed by atoms with E-state index in [4.69, 9.17) is 5.11 Å². The highest BCUT2D eigenvalue weighted by atomic mass is 33.1. The van der Waals surface area contributed by atoms with Crippen LogP contribution in [0.3, 0.4) is 0 Å². The van der Waals surface area contributed by atoms with Crippen LogP contribution in [0.2, 0.25) is 0 Å². The smallest absolute Gasteiger partial charge is 0.269 e. The van der Waals surface area contributed by atoms with Crippen molar-refractivity contribution in [2.75, 3.05) is 6.61 Å². The lowest BCUT2D eigenvalue weighted by atomic mass is 10.3. The van der Waals surface area contributed by atoms with Gasteiger partial charge in [-0.05, 0) is 12.1 Å². The molecular weight excluding hydrogens is 234 g/mol. The summed E-state index contributed by atoms with van der Waals surface area (Å²) in [7, 11) is 3.05. The van der Waals surface area contributed by atoms with Crippen LogP contribution in [0.5, 0.6) is 0 Å². The zero-order valence-electron chi connectivity index (χ0n) is 8.12. The minimum Gasteiger partial charge on any atom is -0.395 e. The van der Waals surface area contributed by atoms with Crippen LogP contribution in [0.25, 0.3) is 0 Å². The first-order valence-corrected chi connectivity index (χ1v) is 6.53. The van der Waals surface area contributed by atoms with Crippen LogP contribution < -0.4 is 0 Å². The molecule has 0 spiro atoms. The molecule has 1 rings (SSSR count). The molecule has 0 aromatic heterocycles. The van der Waals surface area contributed by atoms with E-state index in [1.807, 2.05) is 6.92 Å². The average Bonchev–Trinajstić information content (AvgIpc) is 2.26. The fourth-order valence-corrected chi connectivity index (χ4v) is 2.72. The van der Waals surface area contributed by atoms with E-state index < -0.39 is 4.92 Å². The number of rotatable bonds is 5. The topological polar surface area (TPSA) is 63.4 Å². The van der Waals surface area contributed by atoms with Gasteiger partial charge in [-0.1, -0.05) is 28.5 Å². The third kappa shape index (κ3) is 4.11. The Labute approximate surface area is 95.6 Å². The first-order chi connectivity index (χ1) is 7.13. The Bertz CT molecular complexity index is 329. The summed E-state index contributed by atoms with van der Waals surface area (Å²) in [6, 6.07) is 6.37. The summed E-state index contributed by atoms with van der Waals surface area (Å²) in [5, 5.41) is 19.3. The van der Waals surface area contributed by atoms with Crippen molar-refractivity contribution in [2.45, 2.75) is 17.1 Å². The van der Waals surface area contributed by atoms with Crippen molar-refractivity contribution in [3.8, 4) is 0 Å². The Morgan fingerprint density at radius 1 is 1.47 bits per heavy atom. The molecule has 0 aliphatic carbocycles. The lowest BCUT2D eigenvalue weighted by Gasteiger charge is -2.05. The SMILES string of the molecule is C[C@H](CO)SSc1ccc([N+](=O)[O-])cc1. The van der Waals surface area contributed by atoms with E-state index in [0.717, 1.165) is 4.90 Å². The van der Waals surface area contributed by atoms with E-state index in [9.17, 15) is 10.1 Å². The zero-order chi connectivity index (χ0) is 11.3. The fourth-order valence-electron chi connectivity index (χ4n) is 0.792. The van der Waals surface area contributed by atoms with Gasteiger partial charge in [-0.2, -0.15) is 0 Å². The van der Waals surface area contributed by atoms with Gasteiger partial charge < -0.3 is 5.11 Å². The summed E-state index contributed by atoms with van der Waals surface area (Å²) in [5.41, 5.74) is 0.0968. The summed E-state index contributed by atoms with van der Waals surface area (Å²) < 4.78 is 0. The number of benzene rings is 1. The lowest BCUT2D eigenvalue weighted by molar-refractivity contribution is -0.384. The van der Waals surface area contributed by atoms with Crippen molar-refractivity contribution in [1.82, 2.24) is 0 Å². The molecule has 1 atom stereocenters. The second-order valence-electron chi connectivity index (χ2n) is 2.92. The molecule has 1 aromatic carbocycles. The van der Waals surface area contributed by atoms with Crippen molar-refractivity contribution >= 4 is 27.3 Å². The van der Waals surface area contributed by atoms with Crippen LogP contribution in [-0.4, -0.2) is 21.9 Å². The van der Waals surface area contributed by atoms with Crippen molar-refractivity contribution in [2.24, 2.45) is 0 Å². The fraction of sp³-hybridized carbons (Fsp3) is 0.333. The van der Waals surface area contributed by atoms with Crippen molar-refractivity contribution in [1.29, 1.82) is 0 Å². The largest absolute Gasteiger partial charge is 0.395 e. The number of hydrogen-bond donors (Lipinski definition) is 1. The minimum absolute atomic E-state index is 0.0968. The van der Waals surface area contributed by atoms with Crippen molar-refractivity contribution < 1.29 is 10.0 Å². The zero-order valence-corrected chi connectivity index (χ0v) is 9.75. The number of nitrogens with zero attached hydrogens (tertiary/aromatic N) is 1. The average molecular weight is 245 g/mol. The second kappa shape index (κ2) is 5.99. The van der Waals surface area contributed by atoms with Gasteiger partial charge in [-0.15, -0.1) is 0 Å². The van der Waals surface area contributed by atoms with Gasteiger partial charge in [0, 0.05) is 22.3 Å². The summed E-state index contributed by atoms with van der Waals surface area (Å²) in [6.07, 6.45) is 0. The Balaban J connectivity index is 2.53. The predicted molar refractivity (Wildman–Crippen MR) is 63.1 cm³/mol. The molecule has 0 aliphatic heterocycles. The Morgan fingerprint density at radius 2 is 2.07 bits per heavy atom. The molecule has 1 N–H and O–H groups in total. The van der Waals surface area contributed by atoms with E-state index in [1.54, 1.807) is 22.9 Å². The van der Waals surface area contributed by atoms with Crippen LogP contribution in [-0.2, 0) is 0 Å². The summed E-state index contributed by atoms with van der Waals surface area (Å²) in [5.74, 6) is 0. The van der Waals surface area contributed by atoms with Crippen LogP contribution >= 0.6 is 21.6 Å². The third-order valence-electron chi connectivity index (χ3n) is 1.61. The van der Waals surface area contributed by atoms with Gasteiger partial charge >= 0.3 is 0 Å². The third-order valence-corrected chi connectivity index (χ3v) is 4.50. The molecule has 0 saturated heterocycles. The highest BCUT2D eigenvalue weighted by Crippen LogP contribution is 2.34. The number of nitro groups is 1. The maximum absolute atomic E-state index is 10.4. The van der Waals surface area contributed by atoms with E-state index in [0.29, 0.717) is 0 Å².